The number of nitrogens with zero attached hydrogens (tertiary/aromatic N) is 2. The summed E-state index contributed by atoms with van der Waals surface area (Å²) in [6.07, 6.45) is -3.15. The predicted molar refractivity (Wildman–Crippen MR) is 172 cm³/mol. The summed E-state index contributed by atoms with van der Waals surface area (Å²) in [5.74, 6) is -0.873. The van der Waals surface area contributed by atoms with Crippen LogP contribution < -0.4 is 5.32 Å². The van der Waals surface area contributed by atoms with E-state index in [1.165, 1.54) is 12.1 Å². The SMILES string of the molecule is CCCc1nc2c(C(F)(F)F)cc(C(=O)N[C@@H](CS)Cc3ccccc3)cc2n1Cc1ccc(-c2ccccc2C(=O)O)cc1. The highest BCUT2D eigenvalue weighted by Gasteiger charge is 2.36. The molecule has 1 amide bonds. The molecule has 0 fully saturated rings. The molecule has 0 aliphatic heterocycles. The standard InChI is InChI=1S/C35H32F3N3O3S/c1-2-8-31-40-32-29(35(36,37)38)18-25(33(42)39-26(21-45)17-22-9-4-3-5-10-22)19-30(32)41(31)20-23-13-15-24(16-14-23)27-11-6-7-12-28(27)34(43)44/h3-7,9-16,18-19,26,45H,2,8,17,20-21H2,1H3,(H,39,42)(H,43,44)/t26-/m1/s1. The Labute approximate surface area is 264 Å². The van der Waals surface area contributed by atoms with Crippen molar-refractivity contribution in [1.29, 1.82) is 0 Å². The lowest BCUT2D eigenvalue weighted by atomic mass is 9.98. The number of aromatic carboxylic acids is 1. The number of benzene rings is 4. The van der Waals surface area contributed by atoms with E-state index in [0.717, 1.165) is 17.2 Å². The Bertz CT molecular complexity index is 1820. The van der Waals surface area contributed by atoms with E-state index in [-0.39, 0.29) is 28.7 Å². The monoisotopic (exact) mass is 631 g/mol. The third kappa shape index (κ3) is 7.23. The minimum atomic E-state index is -4.73. The van der Waals surface area contributed by atoms with Gasteiger partial charge in [0.1, 0.15) is 11.3 Å². The number of aryl methyl sites for hydroxylation is 1. The van der Waals surface area contributed by atoms with Crippen molar-refractivity contribution in [2.24, 2.45) is 0 Å². The fraction of sp³-hybridized carbons (Fsp3) is 0.229. The second-order valence-electron chi connectivity index (χ2n) is 10.8. The lowest BCUT2D eigenvalue weighted by molar-refractivity contribution is -0.136. The first kappa shape index (κ1) is 31.8. The number of imidazole rings is 1. The van der Waals surface area contributed by atoms with Gasteiger partial charge in [0.05, 0.1) is 16.6 Å². The molecule has 5 rings (SSSR count). The Hall–Kier alpha value is -4.57. The second-order valence-corrected chi connectivity index (χ2v) is 11.2. The number of hydrogen-bond donors (Lipinski definition) is 3. The molecule has 6 nitrogen and oxygen atoms in total. The molecule has 0 saturated carbocycles. The van der Waals surface area contributed by atoms with E-state index < -0.39 is 29.7 Å². The summed E-state index contributed by atoms with van der Waals surface area (Å²) in [7, 11) is 0. The van der Waals surface area contributed by atoms with Crippen molar-refractivity contribution in [2.75, 3.05) is 5.75 Å². The number of alkyl halides is 3. The van der Waals surface area contributed by atoms with E-state index in [1.54, 1.807) is 34.9 Å². The van der Waals surface area contributed by atoms with Crippen molar-refractivity contribution in [3.63, 3.8) is 0 Å². The average Bonchev–Trinajstić information content (AvgIpc) is 3.37. The van der Waals surface area contributed by atoms with Crippen molar-refractivity contribution in [2.45, 2.75) is 44.9 Å². The molecule has 1 heterocycles. The van der Waals surface area contributed by atoms with E-state index in [2.05, 4.69) is 22.9 Å². The van der Waals surface area contributed by atoms with Gasteiger partial charge in [-0.1, -0.05) is 79.7 Å². The maximum absolute atomic E-state index is 14.4. The fourth-order valence-corrected chi connectivity index (χ4v) is 5.65. The summed E-state index contributed by atoms with van der Waals surface area (Å²) >= 11 is 4.36. The van der Waals surface area contributed by atoms with Crippen LogP contribution in [-0.2, 0) is 25.6 Å². The molecule has 0 saturated heterocycles. The Morgan fingerprint density at radius 2 is 1.64 bits per heavy atom. The number of amides is 1. The number of hydrogen-bond acceptors (Lipinski definition) is 4. The molecule has 10 heteroatoms. The zero-order chi connectivity index (χ0) is 32.1. The van der Waals surface area contributed by atoms with Gasteiger partial charge in [0, 0.05) is 30.3 Å². The van der Waals surface area contributed by atoms with E-state index in [0.29, 0.717) is 42.0 Å². The van der Waals surface area contributed by atoms with Crippen molar-refractivity contribution < 1.29 is 27.9 Å². The minimum absolute atomic E-state index is 0.112. The summed E-state index contributed by atoms with van der Waals surface area (Å²) in [4.78, 5) is 29.5. The molecule has 0 aliphatic rings. The van der Waals surface area contributed by atoms with E-state index in [4.69, 9.17) is 0 Å². The van der Waals surface area contributed by atoms with Crippen molar-refractivity contribution >= 4 is 35.5 Å². The first-order valence-electron chi connectivity index (χ1n) is 14.6. The highest BCUT2D eigenvalue weighted by Crippen LogP contribution is 2.36. The van der Waals surface area contributed by atoms with Crippen LogP contribution in [0.1, 0.15) is 56.6 Å². The van der Waals surface area contributed by atoms with Crippen LogP contribution in [0.25, 0.3) is 22.2 Å². The molecular weight excluding hydrogens is 599 g/mol. The number of nitrogens with one attached hydrogen (secondary N) is 1. The topological polar surface area (TPSA) is 84.2 Å². The summed E-state index contributed by atoms with van der Waals surface area (Å²) in [6.45, 7) is 2.13. The Morgan fingerprint density at radius 1 is 0.956 bits per heavy atom. The van der Waals surface area contributed by atoms with Crippen molar-refractivity contribution in [1.82, 2.24) is 14.9 Å². The van der Waals surface area contributed by atoms with Crippen LogP contribution in [-0.4, -0.2) is 38.3 Å². The number of halogens is 3. The highest BCUT2D eigenvalue weighted by atomic mass is 32.1. The van der Waals surface area contributed by atoms with Crippen molar-refractivity contribution in [3.05, 3.63) is 125 Å². The number of carbonyl (C=O) groups is 2. The third-order valence-electron chi connectivity index (χ3n) is 7.62. The first-order valence-corrected chi connectivity index (χ1v) is 15.2. The van der Waals surface area contributed by atoms with Gasteiger partial charge in [-0.05, 0) is 53.3 Å². The van der Waals surface area contributed by atoms with Crippen LogP contribution in [0, 0.1) is 0 Å². The number of fused-ring (bicyclic) bond motifs is 1. The van der Waals surface area contributed by atoms with Gasteiger partial charge in [-0.25, -0.2) is 9.78 Å². The number of aromatic nitrogens is 2. The van der Waals surface area contributed by atoms with Gasteiger partial charge in [0.25, 0.3) is 5.91 Å². The maximum atomic E-state index is 14.4. The quantitative estimate of drug-likeness (QED) is 0.131. The average molecular weight is 632 g/mol. The smallest absolute Gasteiger partial charge is 0.418 e. The molecule has 0 unspecified atom stereocenters. The molecule has 0 aliphatic carbocycles. The number of thiol groups is 1. The molecule has 1 aromatic heterocycles. The van der Waals surface area contributed by atoms with Gasteiger partial charge in [-0.3, -0.25) is 4.79 Å². The van der Waals surface area contributed by atoms with Gasteiger partial charge in [0.2, 0.25) is 0 Å². The van der Waals surface area contributed by atoms with Crippen LogP contribution in [0.3, 0.4) is 0 Å². The summed E-state index contributed by atoms with van der Waals surface area (Å²) < 4.78 is 44.9. The molecule has 2 N–H and O–H groups in total. The van der Waals surface area contributed by atoms with E-state index >= 15 is 0 Å². The third-order valence-corrected chi connectivity index (χ3v) is 8.06. The van der Waals surface area contributed by atoms with Gasteiger partial charge in [-0.15, -0.1) is 0 Å². The first-order chi connectivity index (χ1) is 21.6. The number of carbonyl (C=O) groups excluding carboxylic acids is 1. The number of rotatable bonds is 11. The van der Waals surface area contributed by atoms with Crippen molar-refractivity contribution in [3.8, 4) is 11.1 Å². The Morgan fingerprint density at radius 3 is 2.29 bits per heavy atom. The lowest BCUT2D eigenvalue weighted by Crippen LogP contribution is -2.38. The molecular formula is C35H32F3N3O3S. The number of carboxylic acid groups (broad SMARTS) is 1. The minimum Gasteiger partial charge on any atom is -0.478 e. The summed E-state index contributed by atoms with van der Waals surface area (Å²) in [5.41, 5.74) is 2.13. The molecule has 1 atom stereocenters. The zero-order valence-corrected chi connectivity index (χ0v) is 25.4. The van der Waals surface area contributed by atoms with Crippen LogP contribution in [0.5, 0.6) is 0 Å². The molecule has 232 valence electrons. The Kier molecular flexibility index (Phi) is 9.63. The van der Waals surface area contributed by atoms with Crippen LogP contribution >= 0.6 is 12.6 Å². The van der Waals surface area contributed by atoms with Gasteiger partial charge in [0.15, 0.2) is 0 Å². The second kappa shape index (κ2) is 13.6. The van der Waals surface area contributed by atoms with Crippen LogP contribution in [0.2, 0.25) is 0 Å². The van der Waals surface area contributed by atoms with E-state index in [9.17, 15) is 27.9 Å². The van der Waals surface area contributed by atoms with Crippen LogP contribution in [0.15, 0.2) is 91.0 Å². The van der Waals surface area contributed by atoms with E-state index in [1.807, 2.05) is 49.4 Å². The van der Waals surface area contributed by atoms with Gasteiger partial charge >= 0.3 is 12.1 Å². The van der Waals surface area contributed by atoms with Gasteiger partial charge in [-0.2, -0.15) is 25.8 Å². The highest BCUT2D eigenvalue weighted by molar-refractivity contribution is 7.80. The fourth-order valence-electron chi connectivity index (χ4n) is 5.43. The molecule has 0 bridgehead atoms. The van der Waals surface area contributed by atoms with Gasteiger partial charge < -0.3 is 15.0 Å². The zero-order valence-electron chi connectivity index (χ0n) is 24.5. The predicted octanol–water partition coefficient (Wildman–Crippen LogP) is 7.69. The number of carboxylic acids is 1. The Balaban J connectivity index is 1.52. The maximum Gasteiger partial charge on any atom is 0.418 e. The lowest BCUT2D eigenvalue weighted by Gasteiger charge is -2.18. The summed E-state index contributed by atoms with van der Waals surface area (Å²) in [6, 6.07) is 25.3. The molecule has 0 spiro atoms. The molecule has 5 aromatic rings. The normalized spacial score (nSPS) is 12.3. The largest absolute Gasteiger partial charge is 0.478 e. The molecule has 0 radical (unpaired) electrons. The molecule has 4 aromatic carbocycles. The van der Waals surface area contributed by atoms with Crippen LogP contribution in [0.4, 0.5) is 13.2 Å². The molecule has 45 heavy (non-hydrogen) atoms. The summed E-state index contributed by atoms with van der Waals surface area (Å²) in [5, 5.41) is 12.4.